The Balaban J connectivity index is 1.53. The van der Waals surface area contributed by atoms with E-state index in [1.54, 1.807) is 12.1 Å². The summed E-state index contributed by atoms with van der Waals surface area (Å²) in [6.45, 7) is 1.05. The van der Waals surface area contributed by atoms with Gasteiger partial charge in [0.05, 0.1) is 11.1 Å². The molecule has 0 unspecified atom stereocenters. The molecule has 8 heteroatoms. The van der Waals surface area contributed by atoms with Crippen LogP contribution < -0.4 is 4.90 Å². The second-order valence-electron chi connectivity index (χ2n) is 8.29. The fraction of sp³-hybridized carbons (Fsp3) is 0.269. The van der Waals surface area contributed by atoms with Crippen molar-refractivity contribution in [3.05, 3.63) is 101 Å². The lowest BCUT2D eigenvalue weighted by atomic mass is 9.99. The molecule has 1 fully saturated rings. The number of benzene rings is 3. The van der Waals surface area contributed by atoms with Crippen LogP contribution in [0.5, 0.6) is 0 Å². The van der Waals surface area contributed by atoms with Gasteiger partial charge in [0.15, 0.2) is 0 Å². The third-order valence-electron chi connectivity index (χ3n) is 6.07. The highest BCUT2D eigenvalue weighted by molar-refractivity contribution is 6.06. The predicted molar refractivity (Wildman–Crippen MR) is 119 cm³/mol. The molecule has 0 radical (unpaired) electrons. The van der Waals surface area contributed by atoms with Gasteiger partial charge in [-0.05, 0) is 60.9 Å². The van der Waals surface area contributed by atoms with Crippen LogP contribution >= 0.6 is 0 Å². The first-order chi connectivity index (χ1) is 16.2. The number of carbonyl (C=O) groups excluding carboxylic acids is 1. The van der Waals surface area contributed by atoms with E-state index in [4.69, 9.17) is 0 Å². The number of carbonyl (C=O) groups is 1. The Morgan fingerprint density at radius 3 is 2.15 bits per heavy atom. The average molecular weight is 474 g/mol. The predicted octanol–water partition coefficient (Wildman–Crippen LogP) is 6.30. The second-order valence-corrected chi connectivity index (χ2v) is 8.29. The molecular weight excluding hydrogens is 451 g/mol. The maximum atomic E-state index is 14.4. The summed E-state index contributed by atoms with van der Waals surface area (Å²) in [5.74, 6) is -1.65. The van der Waals surface area contributed by atoms with Gasteiger partial charge < -0.3 is 4.90 Å². The lowest BCUT2D eigenvalue weighted by Crippen LogP contribution is -2.47. The molecule has 0 aromatic heterocycles. The smallest absolute Gasteiger partial charge is 0.305 e. The van der Waals surface area contributed by atoms with Gasteiger partial charge in [-0.25, -0.2) is 8.78 Å². The minimum absolute atomic E-state index is 0.0895. The Bertz CT molecular complexity index is 1140. The summed E-state index contributed by atoms with van der Waals surface area (Å²) in [5, 5.41) is 0. The number of anilines is 1. The van der Waals surface area contributed by atoms with E-state index in [0.717, 1.165) is 6.07 Å². The first kappa shape index (κ1) is 23.9. The lowest BCUT2D eigenvalue weighted by molar-refractivity contribution is -0.138. The van der Waals surface area contributed by atoms with Crippen LogP contribution in [0.2, 0.25) is 0 Å². The van der Waals surface area contributed by atoms with Crippen molar-refractivity contribution < 1.29 is 26.7 Å². The highest BCUT2D eigenvalue weighted by Crippen LogP contribution is 2.33. The summed E-state index contributed by atoms with van der Waals surface area (Å²) >= 11 is 0. The van der Waals surface area contributed by atoms with Crippen LogP contribution in [0.4, 0.5) is 27.6 Å². The summed E-state index contributed by atoms with van der Waals surface area (Å²) < 4.78 is 67.9. The van der Waals surface area contributed by atoms with Crippen LogP contribution in [0.1, 0.15) is 34.3 Å². The minimum Gasteiger partial charge on any atom is -0.305 e. The monoisotopic (exact) mass is 474 g/mol. The van der Waals surface area contributed by atoms with Gasteiger partial charge in [0.25, 0.3) is 5.91 Å². The number of amides is 1. The maximum absolute atomic E-state index is 14.4. The number of hydrogen-bond acceptors (Lipinski definition) is 2. The van der Waals surface area contributed by atoms with E-state index in [2.05, 4.69) is 0 Å². The van der Waals surface area contributed by atoms with Gasteiger partial charge in [-0.15, -0.1) is 0 Å². The van der Waals surface area contributed by atoms with E-state index < -0.39 is 29.3 Å². The van der Waals surface area contributed by atoms with Gasteiger partial charge in [0.2, 0.25) is 0 Å². The van der Waals surface area contributed by atoms with E-state index in [1.807, 2.05) is 4.90 Å². The van der Waals surface area contributed by atoms with Crippen molar-refractivity contribution in [2.75, 3.05) is 18.0 Å². The van der Waals surface area contributed by atoms with Crippen molar-refractivity contribution in [1.82, 2.24) is 4.90 Å². The van der Waals surface area contributed by atoms with E-state index in [9.17, 15) is 26.7 Å². The molecule has 1 heterocycles. The number of rotatable bonds is 5. The third kappa shape index (κ3) is 5.28. The van der Waals surface area contributed by atoms with Gasteiger partial charge in [0, 0.05) is 31.4 Å². The lowest BCUT2D eigenvalue weighted by Gasteiger charge is -2.39. The molecule has 1 aliphatic heterocycles. The molecule has 3 nitrogen and oxygen atoms in total. The van der Waals surface area contributed by atoms with Crippen LogP contribution in [0.3, 0.4) is 0 Å². The Kier molecular flexibility index (Phi) is 6.97. The molecule has 3 aromatic carbocycles. The van der Waals surface area contributed by atoms with Gasteiger partial charge in [-0.2, -0.15) is 13.2 Å². The van der Waals surface area contributed by atoms with Crippen molar-refractivity contribution >= 4 is 11.6 Å². The molecular formula is C26H23F5N2O. The topological polar surface area (TPSA) is 23.6 Å². The van der Waals surface area contributed by atoms with E-state index in [-0.39, 0.29) is 23.7 Å². The zero-order valence-electron chi connectivity index (χ0n) is 18.2. The van der Waals surface area contributed by atoms with E-state index in [1.165, 1.54) is 59.5 Å². The maximum Gasteiger partial charge on any atom is 0.416 e. The second kappa shape index (κ2) is 9.93. The van der Waals surface area contributed by atoms with Gasteiger partial charge >= 0.3 is 6.18 Å². The molecule has 0 spiro atoms. The molecule has 0 atom stereocenters. The number of alkyl halides is 3. The van der Waals surface area contributed by atoms with Gasteiger partial charge in [-0.1, -0.05) is 30.3 Å². The van der Waals surface area contributed by atoms with Crippen molar-refractivity contribution in [3.63, 3.8) is 0 Å². The van der Waals surface area contributed by atoms with Crippen LogP contribution in [0.25, 0.3) is 0 Å². The number of halogens is 5. The van der Waals surface area contributed by atoms with Crippen LogP contribution in [-0.4, -0.2) is 29.9 Å². The van der Waals surface area contributed by atoms with Gasteiger partial charge in [0.1, 0.15) is 11.6 Å². The largest absolute Gasteiger partial charge is 0.416 e. The van der Waals surface area contributed by atoms with E-state index in [0.29, 0.717) is 31.6 Å². The Hall–Kier alpha value is -3.26. The molecule has 1 aliphatic rings. The first-order valence-corrected chi connectivity index (χ1v) is 10.9. The normalized spacial score (nSPS) is 15.3. The molecule has 1 saturated heterocycles. The molecule has 0 bridgehead atoms. The molecule has 178 valence electrons. The summed E-state index contributed by atoms with van der Waals surface area (Å²) in [7, 11) is 0. The summed E-state index contributed by atoms with van der Waals surface area (Å²) in [5.41, 5.74) is -0.102. The SMILES string of the molecule is O=C(c1ccccc1F)N(c1ccc(F)cc1)C1CCN(Cc2ccccc2C(F)(F)F)CC1. The summed E-state index contributed by atoms with van der Waals surface area (Å²) in [6, 6.07) is 16.3. The number of likely N-dealkylation sites (tertiary alicyclic amines) is 1. The van der Waals surface area contributed by atoms with Gasteiger partial charge in [-0.3, -0.25) is 9.69 Å². The Labute approximate surface area is 194 Å². The molecule has 34 heavy (non-hydrogen) atoms. The molecule has 0 N–H and O–H groups in total. The zero-order valence-corrected chi connectivity index (χ0v) is 18.2. The standard InChI is InChI=1S/C26H23F5N2O/c27-19-9-11-20(12-10-19)33(25(34)22-6-2-4-8-24(22)28)21-13-15-32(16-14-21)17-18-5-1-3-7-23(18)26(29,30)31/h1-12,21H,13-17H2. The highest BCUT2D eigenvalue weighted by atomic mass is 19.4. The average Bonchev–Trinajstić information content (AvgIpc) is 2.81. The molecule has 4 rings (SSSR count). The summed E-state index contributed by atoms with van der Waals surface area (Å²) in [4.78, 5) is 16.7. The highest BCUT2D eigenvalue weighted by Gasteiger charge is 2.35. The van der Waals surface area contributed by atoms with Crippen LogP contribution in [0.15, 0.2) is 72.8 Å². The number of nitrogens with zero attached hydrogens (tertiary/aromatic N) is 2. The van der Waals surface area contributed by atoms with Crippen LogP contribution in [-0.2, 0) is 12.7 Å². The molecule has 0 saturated carbocycles. The quantitative estimate of drug-likeness (QED) is 0.406. The van der Waals surface area contributed by atoms with Crippen molar-refractivity contribution in [1.29, 1.82) is 0 Å². The van der Waals surface area contributed by atoms with Crippen LogP contribution in [0, 0.1) is 11.6 Å². The third-order valence-corrected chi connectivity index (χ3v) is 6.07. The summed E-state index contributed by atoms with van der Waals surface area (Å²) in [6.07, 6.45) is -3.47. The number of piperidine rings is 1. The Morgan fingerprint density at radius 1 is 0.882 bits per heavy atom. The van der Waals surface area contributed by atoms with E-state index >= 15 is 0 Å². The Morgan fingerprint density at radius 2 is 1.50 bits per heavy atom. The van der Waals surface area contributed by atoms with Crippen molar-refractivity contribution in [3.8, 4) is 0 Å². The molecule has 1 amide bonds. The zero-order chi connectivity index (χ0) is 24.3. The molecule has 3 aromatic rings. The minimum atomic E-state index is -4.43. The fourth-order valence-electron chi connectivity index (χ4n) is 4.37. The fourth-order valence-corrected chi connectivity index (χ4v) is 4.37. The first-order valence-electron chi connectivity index (χ1n) is 10.9. The van der Waals surface area contributed by atoms with Crippen molar-refractivity contribution in [2.45, 2.75) is 31.6 Å². The molecule has 0 aliphatic carbocycles. The number of hydrogen-bond donors (Lipinski definition) is 0. The van der Waals surface area contributed by atoms with Crippen molar-refractivity contribution in [2.24, 2.45) is 0 Å².